The smallest absolute Gasteiger partial charge is 0.227 e. The van der Waals surface area contributed by atoms with Gasteiger partial charge in [-0.05, 0) is 47.2 Å². The normalized spacial score (nSPS) is 22.6. The van der Waals surface area contributed by atoms with Crippen LogP contribution in [0.15, 0.2) is 48.5 Å². The average molecular weight is 389 g/mol. The summed E-state index contributed by atoms with van der Waals surface area (Å²) in [5, 5.41) is 1.50. The van der Waals surface area contributed by atoms with Gasteiger partial charge in [-0.2, -0.15) is 0 Å². The molecule has 0 aliphatic carbocycles. The Bertz CT molecular complexity index is 779. The van der Waals surface area contributed by atoms with Crippen LogP contribution in [0.4, 0.5) is 0 Å². The number of benzene rings is 2. The molecule has 0 radical (unpaired) electrons. The summed E-state index contributed by atoms with van der Waals surface area (Å²) in [5.41, 5.74) is 2.28. The first-order valence-electron chi connectivity index (χ1n) is 9.06. The lowest BCUT2D eigenvalue weighted by Crippen LogP contribution is -2.34. The van der Waals surface area contributed by atoms with Crippen LogP contribution in [0.1, 0.15) is 11.1 Å². The van der Waals surface area contributed by atoms with Crippen LogP contribution in [0.5, 0.6) is 0 Å². The highest BCUT2D eigenvalue weighted by Crippen LogP contribution is 2.32. The zero-order valence-electron chi connectivity index (χ0n) is 14.6. The Labute approximate surface area is 164 Å². The van der Waals surface area contributed by atoms with E-state index in [1.807, 2.05) is 47.4 Å². The molecule has 0 spiro atoms. The van der Waals surface area contributed by atoms with Crippen molar-refractivity contribution >= 4 is 29.1 Å². The predicted molar refractivity (Wildman–Crippen MR) is 105 cm³/mol. The van der Waals surface area contributed by atoms with Crippen molar-refractivity contribution in [2.24, 2.45) is 11.8 Å². The molecule has 0 bridgehead atoms. The molecule has 26 heavy (non-hydrogen) atoms. The molecular weight excluding hydrogens is 367 g/mol. The van der Waals surface area contributed by atoms with Gasteiger partial charge in [0.15, 0.2) is 0 Å². The third-order valence-electron chi connectivity index (χ3n) is 5.48. The zero-order valence-corrected chi connectivity index (χ0v) is 16.1. The van der Waals surface area contributed by atoms with Gasteiger partial charge in [0.2, 0.25) is 5.91 Å². The summed E-state index contributed by atoms with van der Waals surface area (Å²) >= 11 is 12.0. The van der Waals surface area contributed by atoms with Gasteiger partial charge in [0.25, 0.3) is 0 Å². The second kappa shape index (κ2) is 7.59. The molecule has 2 fully saturated rings. The molecule has 2 aliphatic rings. The number of rotatable bonds is 4. The Kier molecular flexibility index (Phi) is 5.21. The molecule has 0 N–H and O–H groups in total. The first-order valence-corrected chi connectivity index (χ1v) is 9.81. The predicted octanol–water partition coefficient (Wildman–Crippen LogP) is 4.13. The number of carbonyl (C=O) groups excluding carboxylic acids is 1. The lowest BCUT2D eigenvalue weighted by molar-refractivity contribution is -0.129. The fourth-order valence-corrected chi connectivity index (χ4v) is 4.54. The lowest BCUT2D eigenvalue weighted by Gasteiger charge is -2.22. The first-order chi connectivity index (χ1) is 12.6. The summed E-state index contributed by atoms with van der Waals surface area (Å²) in [6.07, 6.45) is 0.461. The monoisotopic (exact) mass is 388 g/mol. The first kappa shape index (κ1) is 17.8. The Morgan fingerprint density at radius 2 is 1.58 bits per heavy atom. The van der Waals surface area contributed by atoms with Crippen LogP contribution in [0.25, 0.3) is 0 Å². The topological polar surface area (TPSA) is 23.6 Å². The number of carbonyl (C=O) groups is 1. The molecule has 0 aromatic heterocycles. The standard InChI is InChI=1S/C21H22Cl2N2O/c22-19-6-4-15(5-7-19)9-21(26)25-13-17-11-24(12-18(17)14-25)10-16-2-1-3-20(23)8-16/h1-8,17-18H,9-14H2. The number of hydrogen-bond donors (Lipinski definition) is 0. The fraction of sp³-hybridized carbons (Fsp3) is 0.381. The number of nitrogens with zero attached hydrogens (tertiary/aromatic N) is 2. The number of amides is 1. The minimum atomic E-state index is 0.225. The number of likely N-dealkylation sites (tertiary alicyclic amines) is 2. The van der Waals surface area contributed by atoms with Gasteiger partial charge in [-0.1, -0.05) is 47.5 Å². The van der Waals surface area contributed by atoms with Crippen LogP contribution >= 0.6 is 23.2 Å². The van der Waals surface area contributed by atoms with E-state index in [-0.39, 0.29) is 5.91 Å². The maximum Gasteiger partial charge on any atom is 0.227 e. The average Bonchev–Trinajstić information content (AvgIpc) is 3.15. The summed E-state index contributed by atoms with van der Waals surface area (Å²) in [6.45, 7) is 4.81. The van der Waals surface area contributed by atoms with E-state index in [9.17, 15) is 4.79 Å². The van der Waals surface area contributed by atoms with Crippen molar-refractivity contribution in [3.8, 4) is 0 Å². The molecule has 2 saturated heterocycles. The van der Waals surface area contributed by atoms with Crippen molar-refractivity contribution in [3.05, 3.63) is 69.7 Å². The van der Waals surface area contributed by atoms with E-state index >= 15 is 0 Å². The van der Waals surface area contributed by atoms with Crippen molar-refractivity contribution < 1.29 is 4.79 Å². The molecule has 5 heteroatoms. The van der Waals surface area contributed by atoms with E-state index in [1.54, 1.807) is 0 Å². The highest BCUT2D eigenvalue weighted by molar-refractivity contribution is 6.30. The van der Waals surface area contributed by atoms with Crippen molar-refractivity contribution in [3.63, 3.8) is 0 Å². The SMILES string of the molecule is O=C(Cc1ccc(Cl)cc1)N1CC2CN(Cc3cccc(Cl)c3)CC2C1. The second-order valence-corrected chi connectivity index (χ2v) is 8.32. The van der Waals surface area contributed by atoms with Gasteiger partial charge in [-0.3, -0.25) is 9.69 Å². The molecule has 3 nitrogen and oxygen atoms in total. The van der Waals surface area contributed by atoms with E-state index in [2.05, 4.69) is 11.0 Å². The van der Waals surface area contributed by atoms with Crippen LogP contribution in [-0.4, -0.2) is 41.9 Å². The third kappa shape index (κ3) is 4.06. The summed E-state index contributed by atoms with van der Waals surface area (Å²) in [4.78, 5) is 17.1. The second-order valence-electron chi connectivity index (χ2n) is 7.45. The molecule has 2 aromatic rings. The summed E-state index contributed by atoms with van der Waals surface area (Å²) in [7, 11) is 0. The van der Waals surface area contributed by atoms with Gasteiger partial charge >= 0.3 is 0 Å². The Morgan fingerprint density at radius 1 is 0.885 bits per heavy atom. The molecule has 0 saturated carbocycles. The Hall–Kier alpha value is -1.55. The fourth-order valence-electron chi connectivity index (χ4n) is 4.21. The minimum absolute atomic E-state index is 0.225. The van der Waals surface area contributed by atoms with Gasteiger partial charge in [-0.25, -0.2) is 0 Å². The van der Waals surface area contributed by atoms with E-state index < -0.39 is 0 Å². The Balaban J connectivity index is 1.30. The van der Waals surface area contributed by atoms with Crippen LogP contribution < -0.4 is 0 Å². The van der Waals surface area contributed by atoms with Crippen molar-refractivity contribution in [2.45, 2.75) is 13.0 Å². The van der Waals surface area contributed by atoms with E-state index in [1.165, 1.54) is 5.56 Å². The van der Waals surface area contributed by atoms with Gasteiger partial charge in [0.05, 0.1) is 6.42 Å². The summed E-state index contributed by atoms with van der Waals surface area (Å²) in [6, 6.07) is 15.6. The molecule has 2 aromatic carbocycles. The van der Waals surface area contributed by atoms with Crippen molar-refractivity contribution in [1.82, 2.24) is 9.80 Å². The summed E-state index contributed by atoms with van der Waals surface area (Å²) in [5.74, 6) is 1.40. The quantitative estimate of drug-likeness (QED) is 0.785. The zero-order chi connectivity index (χ0) is 18.1. The number of halogens is 2. The molecule has 2 heterocycles. The molecule has 1 amide bonds. The van der Waals surface area contributed by atoms with Gasteiger partial charge < -0.3 is 4.90 Å². The molecule has 2 atom stereocenters. The highest BCUT2D eigenvalue weighted by Gasteiger charge is 2.41. The Morgan fingerprint density at radius 3 is 2.23 bits per heavy atom. The molecule has 2 unspecified atom stereocenters. The largest absolute Gasteiger partial charge is 0.342 e. The van der Waals surface area contributed by atoms with Gasteiger partial charge in [0.1, 0.15) is 0 Å². The van der Waals surface area contributed by atoms with E-state index in [4.69, 9.17) is 23.2 Å². The molecular formula is C21H22Cl2N2O. The summed E-state index contributed by atoms with van der Waals surface area (Å²) < 4.78 is 0. The van der Waals surface area contributed by atoms with E-state index in [0.717, 1.165) is 43.3 Å². The lowest BCUT2D eigenvalue weighted by atomic mass is 10.0. The molecule has 136 valence electrons. The van der Waals surface area contributed by atoms with Crippen molar-refractivity contribution in [1.29, 1.82) is 0 Å². The van der Waals surface area contributed by atoms with Gasteiger partial charge in [0, 0.05) is 42.8 Å². The van der Waals surface area contributed by atoms with E-state index in [0.29, 0.717) is 23.3 Å². The van der Waals surface area contributed by atoms with Crippen LogP contribution in [0, 0.1) is 11.8 Å². The maximum atomic E-state index is 12.6. The molecule has 2 aliphatic heterocycles. The van der Waals surface area contributed by atoms with Gasteiger partial charge in [-0.15, -0.1) is 0 Å². The number of hydrogen-bond acceptors (Lipinski definition) is 2. The minimum Gasteiger partial charge on any atom is -0.342 e. The van der Waals surface area contributed by atoms with Crippen molar-refractivity contribution in [2.75, 3.05) is 26.2 Å². The highest BCUT2D eigenvalue weighted by atomic mass is 35.5. The third-order valence-corrected chi connectivity index (χ3v) is 5.97. The van der Waals surface area contributed by atoms with Crippen LogP contribution in [-0.2, 0) is 17.8 Å². The maximum absolute atomic E-state index is 12.6. The molecule has 4 rings (SSSR count). The van der Waals surface area contributed by atoms with Crippen LogP contribution in [0.2, 0.25) is 10.0 Å². The van der Waals surface area contributed by atoms with Crippen LogP contribution in [0.3, 0.4) is 0 Å². The number of fused-ring (bicyclic) bond motifs is 1.